The van der Waals surface area contributed by atoms with E-state index in [1.165, 1.54) is 39.1 Å². The molecule has 2 aromatic carbocycles. The van der Waals surface area contributed by atoms with E-state index in [0.717, 1.165) is 17.6 Å². The second-order valence-electron chi connectivity index (χ2n) is 12.1. The molecule has 0 saturated carbocycles. The van der Waals surface area contributed by atoms with Crippen LogP contribution in [0.5, 0.6) is 0 Å². The van der Waals surface area contributed by atoms with Crippen LogP contribution in [0.25, 0.3) is 17.2 Å². The van der Waals surface area contributed by atoms with Gasteiger partial charge in [-0.25, -0.2) is 0 Å². The van der Waals surface area contributed by atoms with Crippen LogP contribution in [0.1, 0.15) is 55.1 Å². The summed E-state index contributed by atoms with van der Waals surface area (Å²) in [7, 11) is 0. The summed E-state index contributed by atoms with van der Waals surface area (Å²) in [5, 5.41) is 5.50. The largest absolute Gasteiger partial charge is 0.363 e. The van der Waals surface area contributed by atoms with Gasteiger partial charge in [-0.05, 0) is 65.1 Å². The van der Waals surface area contributed by atoms with E-state index in [0.29, 0.717) is 0 Å². The molecule has 0 fully saturated rings. The lowest BCUT2D eigenvalue weighted by molar-refractivity contribution is 0.619. The lowest BCUT2D eigenvalue weighted by Gasteiger charge is -2.34. The van der Waals surface area contributed by atoms with Gasteiger partial charge in [-0.3, -0.25) is 0 Å². The van der Waals surface area contributed by atoms with Crippen LogP contribution in [0.4, 0.5) is 0 Å². The molecule has 2 heteroatoms. The van der Waals surface area contributed by atoms with Crippen molar-refractivity contribution < 1.29 is 0 Å². The van der Waals surface area contributed by atoms with Gasteiger partial charge in [-0.2, -0.15) is 0 Å². The Morgan fingerprint density at radius 3 is 2.05 bits per heavy atom. The minimum atomic E-state index is -0.299. The highest BCUT2D eigenvalue weighted by atomic mass is 14.8. The molecule has 0 bridgehead atoms. The standard InChI is InChI=1S/C43H37N.C8H10.C2H6.CH3N/c1-2-3-4-5-6-14-27-37(34-21-10-7-11-22-34)35-23-12-8-15-30-41-38(28-18-16-24-35)39-31-33-44-42(39)43(41)32-20-9-13-25-36-26-17-19-29-40(36)43;1-3-5-7-8-6-4-2;2*1-2/h2-31,33,44H,32H2,1H3;3-8H,1-2H2;1-2H3;2H,1H2/b3-2+,5-4-,12-8+,14-6-,15-8?,18-16?,20-9-,23-12?,24-16-,25-13-,28-18-,30-15+,35-23+,35-24?,37-27-,38-28?,41-30?;7-5-,8-6-;;. The average Bonchev–Trinajstić information content (AvgIpc) is 3.81. The van der Waals surface area contributed by atoms with Gasteiger partial charge in [0.2, 0.25) is 0 Å². The van der Waals surface area contributed by atoms with Crippen LogP contribution in [0.3, 0.4) is 0 Å². The Morgan fingerprint density at radius 2 is 1.30 bits per heavy atom. The maximum absolute atomic E-state index is 5.50. The van der Waals surface area contributed by atoms with Crippen molar-refractivity contribution in [3.63, 3.8) is 0 Å². The number of fused-ring (bicyclic) bond motifs is 6. The van der Waals surface area contributed by atoms with Gasteiger partial charge in [0, 0.05) is 17.5 Å². The summed E-state index contributed by atoms with van der Waals surface area (Å²) >= 11 is 0. The third-order valence-electron chi connectivity index (χ3n) is 8.89. The fourth-order valence-electron chi connectivity index (χ4n) is 6.62. The Kier molecular flexibility index (Phi) is 19.7. The summed E-state index contributed by atoms with van der Waals surface area (Å²) in [6.07, 6.45) is 57.1. The van der Waals surface area contributed by atoms with Crippen LogP contribution in [-0.2, 0) is 5.41 Å². The molecule has 2 nitrogen and oxygen atoms in total. The highest BCUT2D eigenvalue weighted by Gasteiger charge is 2.46. The SMILES string of the molecule is C=C/C=C\C=C/C=C.C=N.CC.C\C=C\C=C/C=C\C=C(C1=C/C=C/C=C/C2=C(\C=C/C=C\1)c1cc[nH]c1C21C/C=C\C=C/c2ccccc21)\c1ccccc1. The summed E-state index contributed by atoms with van der Waals surface area (Å²) in [6.45, 7) is 15.5. The van der Waals surface area contributed by atoms with Crippen molar-refractivity contribution in [2.24, 2.45) is 0 Å². The first-order chi connectivity index (χ1) is 27.7. The van der Waals surface area contributed by atoms with Crippen molar-refractivity contribution in [3.05, 3.63) is 271 Å². The van der Waals surface area contributed by atoms with E-state index in [1.807, 2.05) is 69.4 Å². The van der Waals surface area contributed by atoms with Crippen LogP contribution < -0.4 is 0 Å². The number of nitrogens with one attached hydrogen (secondary N) is 2. The first-order valence-corrected chi connectivity index (χ1v) is 19.1. The molecule has 6 rings (SSSR count). The van der Waals surface area contributed by atoms with Crippen LogP contribution >= 0.6 is 0 Å². The van der Waals surface area contributed by atoms with Crippen LogP contribution in [0.2, 0.25) is 0 Å². The molecule has 2 N–H and O–H groups in total. The van der Waals surface area contributed by atoms with E-state index in [4.69, 9.17) is 5.41 Å². The minimum Gasteiger partial charge on any atom is -0.363 e. The summed E-state index contributed by atoms with van der Waals surface area (Å²) in [6, 6.07) is 21.6. The number of allylic oxidation sites excluding steroid dienone is 29. The third kappa shape index (κ3) is 11.6. The van der Waals surface area contributed by atoms with Gasteiger partial charge >= 0.3 is 0 Å². The minimum absolute atomic E-state index is 0.299. The smallest absolute Gasteiger partial charge is 0.0654 e. The molecule has 1 atom stereocenters. The van der Waals surface area contributed by atoms with Gasteiger partial charge in [0.15, 0.2) is 0 Å². The molecule has 0 amide bonds. The summed E-state index contributed by atoms with van der Waals surface area (Å²) in [5.41, 5.74) is 10.8. The fraction of sp³-hybridized carbons (Fsp3) is 0.0926. The Labute approximate surface area is 336 Å². The van der Waals surface area contributed by atoms with E-state index in [9.17, 15) is 0 Å². The quantitative estimate of drug-likeness (QED) is 0.171. The van der Waals surface area contributed by atoms with Gasteiger partial charge < -0.3 is 10.4 Å². The maximum atomic E-state index is 5.50. The second kappa shape index (κ2) is 25.3. The number of aromatic amines is 1. The number of hydrogen-bond donors (Lipinski definition) is 2. The van der Waals surface area contributed by atoms with Crippen molar-refractivity contribution in [3.8, 4) is 0 Å². The van der Waals surface area contributed by atoms with E-state index < -0.39 is 0 Å². The van der Waals surface area contributed by atoms with Crippen LogP contribution in [0.15, 0.2) is 243 Å². The van der Waals surface area contributed by atoms with E-state index >= 15 is 0 Å². The Hall–Kier alpha value is -6.77. The molecule has 1 aromatic heterocycles. The summed E-state index contributed by atoms with van der Waals surface area (Å²) in [5.74, 6) is 0. The summed E-state index contributed by atoms with van der Waals surface area (Å²) in [4.78, 5) is 3.66. The Bertz CT molecular complexity index is 2140. The van der Waals surface area contributed by atoms with Crippen molar-refractivity contribution >= 4 is 23.9 Å². The lowest BCUT2D eigenvalue weighted by Crippen LogP contribution is -2.29. The highest BCUT2D eigenvalue weighted by molar-refractivity contribution is 5.90. The van der Waals surface area contributed by atoms with Gasteiger partial charge in [0.1, 0.15) is 0 Å². The first kappa shape index (κ1) is 43.6. The lowest BCUT2D eigenvalue weighted by atomic mass is 9.69. The molecule has 0 aliphatic heterocycles. The molecule has 56 heavy (non-hydrogen) atoms. The third-order valence-corrected chi connectivity index (χ3v) is 8.89. The maximum Gasteiger partial charge on any atom is 0.0654 e. The predicted molar refractivity (Wildman–Crippen MR) is 250 cm³/mol. The number of hydrogen-bond acceptors (Lipinski definition) is 1. The molecule has 1 unspecified atom stereocenters. The highest BCUT2D eigenvalue weighted by Crippen LogP contribution is 2.54. The molecular formula is C54H56N2. The molecule has 1 spiro atoms. The zero-order chi connectivity index (χ0) is 40.3. The molecule has 3 aromatic rings. The zero-order valence-corrected chi connectivity index (χ0v) is 33.2. The van der Waals surface area contributed by atoms with Gasteiger partial charge in [-0.15, -0.1) is 0 Å². The van der Waals surface area contributed by atoms with Crippen molar-refractivity contribution in [1.29, 1.82) is 5.41 Å². The van der Waals surface area contributed by atoms with E-state index in [-0.39, 0.29) is 5.41 Å². The first-order valence-electron chi connectivity index (χ1n) is 19.1. The van der Waals surface area contributed by atoms with E-state index in [1.54, 1.807) is 12.2 Å². The Morgan fingerprint density at radius 1 is 0.661 bits per heavy atom. The van der Waals surface area contributed by atoms with Gasteiger partial charge in [0.05, 0.1) is 5.41 Å². The molecule has 0 saturated heterocycles. The zero-order valence-electron chi connectivity index (χ0n) is 33.2. The molecule has 282 valence electrons. The molecule has 1 heterocycles. The molecular weight excluding hydrogens is 677 g/mol. The second-order valence-corrected chi connectivity index (χ2v) is 12.1. The number of rotatable bonds is 8. The van der Waals surface area contributed by atoms with Crippen molar-refractivity contribution in [1.82, 2.24) is 4.98 Å². The van der Waals surface area contributed by atoms with E-state index in [2.05, 4.69) is 189 Å². The molecule has 3 aliphatic carbocycles. The molecule has 3 aliphatic rings. The van der Waals surface area contributed by atoms with Crippen molar-refractivity contribution in [2.75, 3.05) is 0 Å². The van der Waals surface area contributed by atoms with Crippen LogP contribution in [0, 0.1) is 5.41 Å². The number of H-pyrrole nitrogens is 1. The number of aromatic nitrogens is 1. The predicted octanol–water partition coefficient (Wildman–Crippen LogP) is 14.7. The van der Waals surface area contributed by atoms with Gasteiger partial charge in [0.25, 0.3) is 0 Å². The van der Waals surface area contributed by atoms with Gasteiger partial charge in [-0.1, -0.05) is 240 Å². The van der Waals surface area contributed by atoms with Crippen LogP contribution in [-0.4, -0.2) is 11.7 Å². The molecule has 0 radical (unpaired) electrons. The average molecular weight is 733 g/mol. The topological polar surface area (TPSA) is 39.6 Å². The number of benzene rings is 2. The monoisotopic (exact) mass is 732 g/mol. The Balaban J connectivity index is 0.000000619. The van der Waals surface area contributed by atoms with Crippen molar-refractivity contribution in [2.45, 2.75) is 32.6 Å². The normalized spacial score (nSPS) is 21.6. The fourth-order valence-corrected chi connectivity index (χ4v) is 6.62. The summed E-state index contributed by atoms with van der Waals surface area (Å²) < 4.78 is 0.